The van der Waals surface area contributed by atoms with Gasteiger partial charge in [0.05, 0.1) is 6.61 Å². The zero-order valence-electron chi connectivity index (χ0n) is 13.4. The van der Waals surface area contributed by atoms with Crippen molar-refractivity contribution in [1.82, 2.24) is 15.0 Å². The number of anilines is 2. The van der Waals surface area contributed by atoms with Crippen LogP contribution in [0.2, 0.25) is 0 Å². The fraction of sp³-hybridized carbons (Fsp3) is 0.800. The number of hydrogen-bond acceptors (Lipinski definition) is 6. The maximum atomic E-state index is 5.42. The molecular formula is C15H27N5O. The van der Waals surface area contributed by atoms with Crippen molar-refractivity contribution in [3.8, 4) is 6.01 Å². The molecule has 1 aromatic heterocycles. The van der Waals surface area contributed by atoms with Gasteiger partial charge in [0.1, 0.15) is 0 Å². The van der Waals surface area contributed by atoms with Crippen LogP contribution in [0.15, 0.2) is 0 Å². The topological polar surface area (TPSA) is 72.0 Å². The Morgan fingerprint density at radius 2 is 1.76 bits per heavy atom. The van der Waals surface area contributed by atoms with Crippen LogP contribution in [-0.4, -0.2) is 34.6 Å². The maximum absolute atomic E-state index is 5.42. The minimum Gasteiger partial charge on any atom is -0.464 e. The van der Waals surface area contributed by atoms with Crippen LogP contribution in [0.1, 0.15) is 52.9 Å². The Labute approximate surface area is 127 Å². The van der Waals surface area contributed by atoms with Gasteiger partial charge in [0, 0.05) is 13.1 Å². The molecule has 0 amide bonds. The van der Waals surface area contributed by atoms with Gasteiger partial charge in [-0.2, -0.15) is 15.0 Å². The molecule has 21 heavy (non-hydrogen) atoms. The van der Waals surface area contributed by atoms with E-state index in [-0.39, 0.29) is 0 Å². The summed E-state index contributed by atoms with van der Waals surface area (Å²) < 4.78 is 5.42. The minimum atomic E-state index is 0.382. The van der Waals surface area contributed by atoms with Crippen LogP contribution in [0.5, 0.6) is 6.01 Å². The molecule has 0 aliphatic heterocycles. The second-order valence-corrected chi connectivity index (χ2v) is 5.69. The number of nitrogens with one attached hydrogen (secondary N) is 2. The molecule has 2 rings (SSSR count). The van der Waals surface area contributed by atoms with E-state index in [1.54, 1.807) is 0 Å². The van der Waals surface area contributed by atoms with Crippen molar-refractivity contribution < 1.29 is 4.74 Å². The van der Waals surface area contributed by atoms with Crippen LogP contribution in [0, 0.1) is 5.41 Å². The van der Waals surface area contributed by atoms with Crippen molar-refractivity contribution in [3.63, 3.8) is 0 Å². The number of nitrogens with zero attached hydrogens (tertiary/aromatic N) is 3. The first-order chi connectivity index (χ1) is 10.2. The molecule has 0 radical (unpaired) electrons. The van der Waals surface area contributed by atoms with E-state index in [2.05, 4.69) is 39.4 Å². The van der Waals surface area contributed by atoms with Gasteiger partial charge in [-0.1, -0.05) is 20.3 Å². The summed E-state index contributed by atoms with van der Waals surface area (Å²) in [6.07, 6.45) is 6.14. The van der Waals surface area contributed by atoms with E-state index in [0.717, 1.165) is 19.5 Å². The normalized spacial score (nSPS) is 16.1. The fourth-order valence-electron chi connectivity index (χ4n) is 2.54. The summed E-state index contributed by atoms with van der Waals surface area (Å²) in [6, 6.07) is 0.382. The van der Waals surface area contributed by atoms with Gasteiger partial charge in [-0.05, 0) is 38.0 Å². The predicted octanol–water partition coefficient (Wildman–Crippen LogP) is 3.08. The zero-order valence-corrected chi connectivity index (χ0v) is 13.4. The van der Waals surface area contributed by atoms with Crippen molar-refractivity contribution in [2.75, 3.05) is 30.3 Å². The molecule has 1 aromatic rings. The molecule has 6 heteroatoms. The highest BCUT2D eigenvalue weighted by Gasteiger charge is 2.34. The Kier molecular flexibility index (Phi) is 5.59. The standard InChI is InChI=1S/C15H27N5O/c1-4-10-16-12-18-13(20-14(19-12)21-6-3)17-11-15(5-2)8-7-9-15/h4-11H2,1-3H3,(H2,16,17,18,19,20). The Bertz CT molecular complexity index is 442. The van der Waals surface area contributed by atoms with Crippen LogP contribution < -0.4 is 15.4 Å². The average Bonchev–Trinajstić information content (AvgIpc) is 2.45. The predicted molar refractivity (Wildman–Crippen MR) is 84.8 cm³/mol. The molecule has 0 atom stereocenters. The van der Waals surface area contributed by atoms with Gasteiger partial charge in [-0.15, -0.1) is 0 Å². The highest BCUT2D eigenvalue weighted by atomic mass is 16.5. The van der Waals surface area contributed by atoms with Gasteiger partial charge >= 0.3 is 6.01 Å². The molecule has 1 aliphatic carbocycles. The highest BCUT2D eigenvalue weighted by molar-refractivity contribution is 5.36. The number of aromatic nitrogens is 3. The molecule has 0 aromatic carbocycles. The summed E-state index contributed by atoms with van der Waals surface area (Å²) in [5.41, 5.74) is 0.426. The summed E-state index contributed by atoms with van der Waals surface area (Å²) in [6.45, 7) is 8.61. The van der Waals surface area contributed by atoms with E-state index < -0.39 is 0 Å². The summed E-state index contributed by atoms with van der Waals surface area (Å²) >= 11 is 0. The van der Waals surface area contributed by atoms with Gasteiger partial charge in [0.25, 0.3) is 0 Å². The highest BCUT2D eigenvalue weighted by Crippen LogP contribution is 2.43. The molecule has 2 N–H and O–H groups in total. The molecule has 6 nitrogen and oxygen atoms in total. The minimum absolute atomic E-state index is 0.382. The molecular weight excluding hydrogens is 266 g/mol. The lowest BCUT2D eigenvalue weighted by Crippen LogP contribution is -2.36. The third-order valence-electron chi connectivity index (χ3n) is 4.21. The third-order valence-corrected chi connectivity index (χ3v) is 4.21. The lowest BCUT2D eigenvalue weighted by atomic mass is 9.67. The van der Waals surface area contributed by atoms with E-state index in [0.29, 0.717) is 29.9 Å². The summed E-state index contributed by atoms with van der Waals surface area (Å²) in [5.74, 6) is 1.18. The summed E-state index contributed by atoms with van der Waals surface area (Å²) in [5, 5.41) is 6.56. The van der Waals surface area contributed by atoms with Gasteiger partial charge in [0.2, 0.25) is 11.9 Å². The van der Waals surface area contributed by atoms with Crippen molar-refractivity contribution in [1.29, 1.82) is 0 Å². The molecule has 1 fully saturated rings. The summed E-state index contributed by atoms with van der Waals surface area (Å²) in [4.78, 5) is 13.0. The first-order valence-corrected chi connectivity index (χ1v) is 8.08. The van der Waals surface area contributed by atoms with E-state index in [1.165, 1.54) is 25.7 Å². The van der Waals surface area contributed by atoms with Crippen molar-refractivity contribution in [3.05, 3.63) is 0 Å². The first-order valence-electron chi connectivity index (χ1n) is 8.08. The monoisotopic (exact) mass is 293 g/mol. The van der Waals surface area contributed by atoms with Crippen LogP contribution in [-0.2, 0) is 0 Å². The number of rotatable bonds is 9. The quantitative estimate of drug-likeness (QED) is 0.729. The van der Waals surface area contributed by atoms with Crippen molar-refractivity contribution in [2.24, 2.45) is 5.41 Å². The Morgan fingerprint density at radius 1 is 1.05 bits per heavy atom. The Morgan fingerprint density at radius 3 is 2.29 bits per heavy atom. The van der Waals surface area contributed by atoms with Crippen LogP contribution in [0.3, 0.4) is 0 Å². The third kappa shape index (κ3) is 4.19. The largest absolute Gasteiger partial charge is 0.464 e. The number of hydrogen-bond donors (Lipinski definition) is 2. The van der Waals surface area contributed by atoms with Gasteiger partial charge in [-0.3, -0.25) is 0 Å². The first kappa shape index (κ1) is 15.8. The van der Waals surface area contributed by atoms with Crippen LogP contribution in [0.25, 0.3) is 0 Å². The van der Waals surface area contributed by atoms with Crippen molar-refractivity contribution >= 4 is 11.9 Å². The summed E-state index contributed by atoms with van der Waals surface area (Å²) in [7, 11) is 0. The molecule has 0 unspecified atom stereocenters. The maximum Gasteiger partial charge on any atom is 0.323 e. The molecule has 0 bridgehead atoms. The van der Waals surface area contributed by atoms with E-state index in [4.69, 9.17) is 4.74 Å². The van der Waals surface area contributed by atoms with E-state index in [9.17, 15) is 0 Å². The van der Waals surface area contributed by atoms with Gasteiger partial charge in [0.15, 0.2) is 0 Å². The molecule has 0 saturated heterocycles. The second-order valence-electron chi connectivity index (χ2n) is 5.69. The zero-order chi connectivity index (χ0) is 15.1. The van der Waals surface area contributed by atoms with E-state index >= 15 is 0 Å². The van der Waals surface area contributed by atoms with Crippen molar-refractivity contribution in [2.45, 2.75) is 52.9 Å². The smallest absolute Gasteiger partial charge is 0.323 e. The van der Waals surface area contributed by atoms with Gasteiger partial charge in [-0.25, -0.2) is 0 Å². The van der Waals surface area contributed by atoms with Crippen LogP contribution >= 0.6 is 0 Å². The van der Waals surface area contributed by atoms with E-state index in [1.807, 2.05) is 6.92 Å². The molecule has 0 spiro atoms. The molecule has 1 saturated carbocycles. The average molecular weight is 293 g/mol. The molecule has 1 aliphatic rings. The Balaban J connectivity index is 2.03. The second kappa shape index (κ2) is 7.43. The van der Waals surface area contributed by atoms with Gasteiger partial charge < -0.3 is 15.4 Å². The van der Waals surface area contributed by atoms with Crippen LogP contribution in [0.4, 0.5) is 11.9 Å². The molecule has 1 heterocycles. The Hall–Kier alpha value is -1.59. The lowest BCUT2D eigenvalue weighted by molar-refractivity contribution is 0.144. The number of ether oxygens (including phenoxy) is 1. The lowest BCUT2D eigenvalue weighted by Gasteiger charge is -2.41. The SMILES string of the molecule is CCCNc1nc(NCC2(CC)CCC2)nc(OCC)n1. The molecule has 118 valence electrons. The fourth-order valence-corrected chi connectivity index (χ4v) is 2.54.